The molecule has 0 aliphatic carbocycles. The van der Waals surface area contributed by atoms with Gasteiger partial charge in [0.05, 0.1) is 11.6 Å². The Labute approximate surface area is 293 Å². The molecule has 9 nitrogen and oxygen atoms in total. The zero-order valence-electron chi connectivity index (χ0n) is 25.0. The summed E-state index contributed by atoms with van der Waals surface area (Å²) in [7, 11) is 0. The monoisotopic (exact) mass is 717 g/mol. The number of thioether (sulfide) groups is 1. The Bertz CT molecular complexity index is 2060. The van der Waals surface area contributed by atoms with Crippen molar-refractivity contribution in [3.63, 3.8) is 0 Å². The maximum absolute atomic E-state index is 13.8. The van der Waals surface area contributed by atoms with Crippen molar-refractivity contribution in [3.05, 3.63) is 129 Å². The van der Waals surface area contributed by atoms with E-state index in [1.54, 1.807) is 54.6 Å². The summed E-state index contributed by atoms with van der Waals surface area (Å²) in [6, 6.07) is 25.9. The first kappa shape index (κ1) is 32.0. The molecular weight excluding hydrogens is 693 g/mol. The van der Waals surface area contributed by atoms with E-state index in [2.05, 4.69) is 10.2 Å². The molecule has 242 valence electrons. The number of carbonyl (C=O) groups excluding carboxylic acids is 2. The zero-order chi connectivity index (χ0) is 33.2. The van der Waals surface area contributed by atoms with E-state index in [9.17, 15) is 14.7 Å². The van der Waals surface area contributed by atoms with Gasteiger partial charge in [0.25, 0.3) is 5.78 Å². The van der Waals surface area contributed by atoms with Crippen LogP contribution in [-0.4, -0.2) is 40.2 Å². The predicted molar refractivity (Wildman–Crippen MR) is 185 cm³/mol. The highest BCUT2D eigenvalue weighted by Crippen LogP contribution is 2.45. The third-order valence-electron chi connectivity index (χ3n) is 7.65. The Hall–Kier alpha value is -4.55. The molecule has 5 aromatic rings. The van der Waals surface area contributed by atoms with Gasteiger partial charge in [0.15, 0.2) is 15.8 Å². The molecule has 1 saturated heterocycles. The minimum Gasteiger partial charge on any atom is -0.507 e. The molecule has 1 aromatic heterocycles. The van der Waals surface area contributed by atoms with Crippen molar-refractivity contribution in [2.75, 3.05) is 18.1 Å². The number of Topliss-reactive ketones (excluding diaryl/α,β-unsaturated/α-hetero) is 1. The summed E-state index contributed by atoms with van der Waals surface area (Å²) in [5.74, 6) is -0.100. The Morgan fingerprint density at radius 1 is 0.938 bits per heavy atom. The number of aliphatic hydroxyl groups excluding tert-OH is 1. The van der Waals surface area contributed by atoms with Crippen LogP contribution in [0.25, 0.3) is 5.76 Å². The van der Waals surface area contributed by atoms with Crippen molar-refractivity contribution in [2.24, 2.45) is 0 Å². The summed E-state index contributed by atoms with van der Waals surface area (Å²) in [5, 5.41) is 21.5. The summed E-state index contributed by atoms with van der Waals surface area (Å²) in [6.07, 6.45) is 0. The third kappa shape index (κ3) is 6.59. The van der Waals surface area contributed by atoms with E-state index >= 15 is 0 Å². The smallest absolute Gasteiger partial charge is 0.301 e. The number of anilines is 1. The predicted octanol–water partition coefficient (Wildman–Crippen LogP) is 8.11. The van der Waals surface area contributed by atoms with Crippen LogP contribution in [0.4, 0.5) is 5.13 Å². The van der Waals surface area contributed by atoms with E-state index < -0.39 is 17.7 Å². The lowest BCUT2D eigenvalue weighted by Gasteiger charge is -2.23. The molecule has 0 bridgehead atoms. The number of aromatic nitrogens is 2. The van der Waals surface area contributed by atoms with Gasteiger partial charge in [-0.3, -0.25) is 14.5 Å². The summed E-state index contributed by atoms with van der Waals surface area (Å²) in [4.78, 5) is 28.8. The SMILES string of the molecule is O=C1C(=O)N(c2nnc(SCc3ccc(Cl)cc3Cl)s2)[C@@H](c2cccc(OCc3ccccc3)c2)/C1=C(\O)c1ccc2c(c1)OCCO2. The first-order valence-electron chi connectivity index (χ1n) is 14.7. The van der Waals surface area contributed by atoms with Crippen LogP contribution in [-0.2, 0) is 21.9 Å². The van der Waals surface area contributed by atoms with Crippen LogP contribution < -0.4 is 19.1 Å². The largest absolute Gasteiger partial charge is 0.507 e. The third-order valence-corrected chi connectivity index (χ3v) is 10.3. The van der Waals surface area contributed by atoms with Crippen molar-refractivity contribution >= 4 is 68.9 Å². The van der Waals surface area contributed by atoms with E-state index in [0.717, 1.165) is 22.5 Å². The number of carbonyl (C=O) groups is 2. The number of fused-ring (bicyclic) bond motifs is 1. The molecule has 0 saturated carbocycles. The van der Waals surface area contributed by atoms with E-state index in [0.29, 0.717) is 68.3 Å². The Kier molecular flexibility index (Phi) is 9.27. The van der Waals surface area contributed by atoms with Crippen molar-refractivity contribution in [2.45, 2.75) is 22.7 Å². The van der Waals surface area contributed by atoms with E-state index in [1.807, 2.05) is 36.4 Å². The first-order chi connectivity index (χ1) is 23.4. The van der Waals surface area contributed by atoms with E-state index in [-0.39, 0.29) is 16.5 Å². The maximum Gasteiger partial charge on any atom is 0.301 e. The zero-order valence-corrected chi connectivity index (χ0v) is 28.1. The molecule has 1 N–H and O–H groups in total. The van der Waals surface area contributed by atoms with Crippen LogP contribution in [0.3, 0.4) is 0 Å². The molecule has 0 radical (unpaired) electrons. The van der Waals surface area contributed by atoms with Gasteiger partial charge in [-0.15, -0.1) is 10.2 Å². The number of amides is 1. The molecule has 0 spiro atoms. The number of halogens is 2. The van der Waals surface area contributed by atoms with Gasteiger partial charge >= 0.3 is 5.91 Å². The molecular formula is C35H25Cl2N3O6S2. The lowest BCUT2D eigenvalue weighted by molar-refractivity contribution is -0.132. The number of aliphatic hydroxyl groups is 1. The van der Waals surface area contributed by atoms with Crippen LogP contribution in [0, 0.1) is 0 Å². The fourth-order valence-electron chi connectivity index (χ4n) is 5.34. The number of rotatable bonds is 9. The molecule has 2 aliphatic heterocycles. The topological polar surface area (TPSA) is 111 Å². The van der Waals surface area contributed by atoms with Crippen molar-refractivity contribution in [1.29, 1.82) is 0 Å². The van der Waals surface area contributed by atoms with E-state index in [4.69, 9.17) is 37.4 Å². The maximum atomic E-state index is 13.8. The van der Waals surface area contributed by atoms with Crippen LogP contribution in [0.15, 0.2) is 101 Å². The molecule has 2 aliphatic rings. The van der Waals surface area contributed by atoms with Gasteiger partial charge in [-0.1, -0.05) is 94.8 Å². The van der Waals surface area contributed by atoms with Gasteiger partial charge in [-0.2, -0.15) is 0 Å². The first-order valence-corrected chi connectivity index (χ1v) is 17.3. The Morgan fingerprint density at radius 2 is 1.75 bits per heavy atom. The second-order valence-corrected chi connectivity index (χ2v) is 13.8. The van der Waals surface area contributed by atoms with Crippen LogP contribution in [0.1, 0.15) is 28.3 Å². The quantitative estimate of drug-likeness (QED) is 0.0531. The van der Waals surface area contributed by atoms with Gasteiger partial charge in [-0.05, 0) is 59.2 Å². The van der Waals surface area contributed by atoms with Gasteiger partial charge in [0.1, 0.15) is 31.3 Å². The molecule has 13 heteroatoms. The van der Waals surface area contributed by atoms with Crippen LogP contribution in [0.5, 0.6) is 17.2 Å². The molecule has 4 aromatic carbocycles. The van der Waals surface area contributed by atoms with Gasteiger partial charge in [0, 0.05) is 21.4 Å². The molecule has 0 unspecified atom stereocenters. The molecule has 7 rings (SSSR count). The molecule has 1 atom stereocenters. The number of hydrogen-bond donors (Lipinski definition) is 1. The highest BCUT2D eigenvalue weighted by atomic mass is 35.5. The van der Waals surface area contributed by atoms with Crippen molar-refractivity contribution in [1.82, 2.24) is 10.2 Å². The second kappa shape index (κ2) is 13.9. The average molecular weight is 719 g/mol. The summed E-state index contributed by atoms with van der Waals surface area (Å²) >= 11 is 14.9. The standard InChI is InChI=1S/C35H25Cl2N3O6S2/c36-24-11-9-23(26(37)17-24)19-47-35-39-38-34(48-35)40-30(21-7-4-8-25(15-21)46-18-20-5-2-1-3-6-20)29(32(42)33(40)43)31(41)22-10-12-27-28(16-22)45-14-13-44-27/h1-12,15-17,30,41H,13-14,18-19H2/b31-29+/t30-/m0/s1. The molecule has 48 heavy (non-hydrogen) atoms. The molecule has 3 heterocycles. The minimum absolute atomic E-state index is 0.103. The highest BCUT2D eigenvalue weighted by molar-refractivity contribution is 8.00. The van der Waals surface area contributed by atoms with Crippen molar-refractivity contribution in [3.8, 4) is 17.2 Å². The molecule has 1 amide bonds. The fraction of sp³-hybridized carbons (Fsp3) is 0.143. The Morgan fingerprint density at radius 3 is 2.56 bits per heavy atom. The van der Waals surface area contributed by atoms with Crippen LogP contribution in [0.2, 0.25) is 10.0 Å². The summed E-state index contributed by atoms with van der Waals surface area (Å²) < 4.78 is 18.0. The lowest BCUT2D eigenvalue weighted by Crippen LogP contribution is -2.29. The number of nitrogens with zero attached hydrogens (tertiary/aromatic N) is 3. The lowest BCUT2D eigenvalue weighted by atomic mass is 9.95. The number of hydrogen-bond acceptors (Lipinski definition) is 10. The van der Waals surface area contributed by atoms with Gasteiger partial charge in [0.2, 0.25) is 5.13 Å². The second-order valence-electron chi connectivity index (χ2n) is 10.7. The Balaban J connectivity index is 1.25. The van der Waals surface area contributed by atoms with Crippen LogP contribution >= 0.6 is 46.3 Å². The normalized spacial score (nSPS) is 16.7. The number of ether oxygens (including phenoxy) is 3. The number of benzene rings is 4. The van der Waals surface area contributed by atoms with Gasteiger partial charge < -0.3 is 19.3 Å². The molecule has 1 fully saturated rings. The minimum atomic E-state index is -1.03. The fourth-order valence-corrected chi connectivity index (χ4v) is 7.77. The van der Waals surface area contributed by atoms with Crippen molar-refractivity contribution < 1.29 is 28.9 Å². The highest BCUT2D eigenvalue weighted by Gasteiger charge is 2.48. The summed E-state index contributed by atoms with van der Waals surface area (Å²) in [5.41, 5.74) is 2.57. The van der Waals surface area contributed by atoms with E-state index in [1.165, 1.54) is 16.7 Å². The summed E-state index contributed by atoms with van der Waals surface area (Å²) in [6.45, 7) is 1.07. The average Bonchev–Trinajstić information content (AvgIpc) is 3.68. The number of ketones is 1. The van der Waals surface area contributed by atoms with Gasteiger partial charge in [-0.25, -0.2) is 0 Å².